The van der Waals surface area contributed by atoms with Gasteiger partial charge in [-0.1, -0.05) is 0 Å². The molecule has 0 aliphatic rings. The van der Waals surface area contributed by atoms with E-state index in [1.807, 2.05) is 0 Å². The zero-order chi connectivity index (χ0) is 25.8. The topological polar surface area (TPSA) is 106 Å². The van der Waals surface area contributed by atoms with Crippen LogP contribution in [0.1, 0.15) is 46.7 Å². The van der Waals surface area contributed by atoms with Crippen LogP contribution in [0.4, 0.5) is 26.3 Å². The summed E-state index contributed by atoms with van der Waals surface area (Å²) in [5, 5.41) is 8.81. The van der Waals surface area contributed by atoms with Gasteiger partial charge in [0.05, 0.1) is 49.1 Å². The van der Waals surface area contributed by atoms with E-state index in [2.05, 4.69) is 25.7 Å². The van der Waals surface area contributed by atoms with Crippen molar-refractivity contribution in [3.63, 3.8) is 0 Å². The number of rotatable bonds is 9. The molecule has 3 heterocycles. The number of alkyl halides is 6. The molecule has 0 aliphatic heterocycles. The van der Waals surface area contributed by atoms with Crippen LogP contribution >= 0.6 is 0 Å². The van der Waals surface area contributed by atoms with E-state index in [0.29, 0.717) is 17.1 Å². The molecule has 0 aromatic carbocycles. The zero-order valence-corrected chi connectivity index (χ0v) is 18.4. The van der Waals surface area contributed by atoms with Gasteiger partial charge in [0.25, 0.3) is 5.91 Å². The highest BCUT2D eigenvalue weighted by Crippen LogP contribution is 2.22. The normalized spacial score (nSPS) is 12.2. The molecule has 3 rings (SSSR count). The highest BCUT2D eigenvalue weighted by molar-refractivity contribution is 5.94. The average molecular weight is 505 g/mol. The molecule has 3 aromatic rings. The van der Waals surface area contributed by atoms with Crippen LogP contribution in [0.2, 0.25) is 0 Å². The lowest BCUT2D eigenvalue weighted by atomic mass is 10.2. The summed E-state index contributed by atoms with van der Waals surface area (Å²) in [6, 6.07) is 1.56. The molecular formula is C20H21F6N7O2. The van der Waals surface area contributed by atoms with Crippen LogP contribution in [0.5, 0.6) is 0 Å². The second-order valence-electron chi connectivity index (χ2n) is 7.66. The second kappa shape index (κ2) is 10.3. The number of carbonyl (C=O) groups is 2. The molecule has 15 heteroatoms. The van der Waals surface area contributed by atoms with Crippen molar-refractivity contribution in [2.24, 2.45) is 0 Å². The Morgan fingerprint density at radius 3 is 2.31 bits per heavy atom. The predicted molar refractivity (Wildman–Crippen MR) is 109 cm³/mol. The Kier molecular flexibility index (Phi) is 7.65. The van der Waals surface area contributed by atoms with Gasteiger partial charge in [-0.05, 0) is 13.0 Å². The van der Waals surface area contributed by atoms with E-state index < -0.39 is 50.0 Å². The molecule has 2 amide bonds. The fourth-order valence-corrected chi connectivity index (χ4v) is 3.07. The second-order valence-corrected chi connectivity index (χ2v) is 7.66. The SMILES string of the molecule is Cc1c(C(=O)NCc2cn3ccc(CNC(=O)CCC(F)(F)F)nc3n2)cnn1CCC(F)(F)F. The Morgan fingerprint density at radius 2 is 1.63 bits per heavy atom. The van der Waals surface area contributed by atoms with Crippen molar-refractivity contribution in [3.8, 4) is 0 Å². The molecular weight excluding hydrogens is 484 g/mol. The molecule has 0 unspecified atom stereocenters. The van der Waals surface area contributed by atoms with Gasteiger partial charge < -0.3 is 10.6 Å². The monoisotopic (exact) mass is 505 g/mol. The number of imidazole rings is 1. The van der Waals surface area contributed by atoms with Gasteiger partial charge in [0.15, 0.2) is 0 Å². The first-order valence-electron chi connectivity index (χ1n) is 10.3. The first-order valence-corrected chi connectivity index (χ1v) is 10.3. The van der Waals surface area contributed by atoms with Crippen LogP contribution in [0, 0.1) is 6.92 Å². The number of fused-ring (bicyclic) bond motifs is 1. The maximum absolute atomic E-state index is 12.4. The van der Waals surface area contributed by atoms with Crippen LogP contribution in [-0.4, -0.2) is 48.3 Å². The Bertz CT molecular complexity index is 1200. The van der Waals surface area contributed by atoms with E-state index in [1.54, 1.807) is 22.9 Å². The predicted octanol–water partition coefficient (Wildman–Crippen LogP) is 3.08. The Balaban J connectivity index is 1.55. The molecule has 190 valence electrons. The molecule has 0 bridgehead atoms. The fourth-order valence-electron chi connectivity index (χ4n) is 3.07. The number of aromatic nitrogens is 5. The highest BCUT2D eigenvalue weighted by atomic mass is 19.4. The largest absolute Gasteiger partial charge is 0.390 e. The third-order valence-electron chi connectivity index (χ3n) is 4.92. The molecule has 0 saturated heterocycles. The number of carbonyl (C=O) groups excluding carboxylic acids is 2. The summed E-state index contributed by atoms with van der Waals surface area (Å²) in [6.45, 7) is 1.02. The molecule has 0 saturated carbocycles. The molecule has 3 aromatic heterocycles. The molecule has 2 N–H and O–H groups in total. The summed E-state index contributed by atoms with van der Waals surface area (Å²) in [5.41, 5.74) is 1.24. The summed E-state index contributed by atoms with van der Waals surface area (Å²) < 4.78 is 76.5. The van der Waals surface area contributed by atoms with Crippen molar-refractivity contribution >= 4 is 17.6 Å². The van der Waals surface area contributed by atoms with Gasteiger partial charge in [-0.2, -0.15) is 31.4 Å². The van der Waals surface area contributed by atoms with E-state index in [-0.39, 0.29) is 24.4 Å². The maximum atomic E-state index is 12.4. The van der Waals surface area contributed by atoms with Crippen molar-refractivity contribution < 1.29 is 35.9 Å². The molecule has 0 fully saturated rings. The minimum atomic E-state index is -4.41. The summed E-state index contributed by atoms with van der Waals surface area (Å²) in [5.74, 6) is -1.05. The van der Waals surface area contributed by atoms with Crippen molar-refractivity contribution in [1.82, 2.24) is 34.8 Å². The quantitative estimate of drug-likeness (QED) is 0.435. The Labute approximate surface area is 194 Å². The summed E-state index contributed by atoms with van der Waals surface area (Å²) in [7, 11) is 0. The first-order chi connectivity index (χ1) is 16.3. The molecule has 9 nitrogen and oxygen atoms in total. The third kappa shape index (κ3) is 7.68. The van der Waals surface area contributed by atoms with Gasteiger partial charge in [-0.15, -0.1) is 0 Å². The van der Waals surface area contributed by atoms with Crippen molar-refractivity contribution in [3.05, 3.63) is 47.3 Å². The molecule has 0 atom stereocenters. The van der Waals surface area contributed by atoms with Crippen LogP contribution in [0.15, 0.2) is 24.7 Å². The van der Waals surface area contributed by atoms with Gasteiger partial charge in [-0.3, -0.25) is 18.7 Å². The summed E-state index contributed by atoms with van der Waals surface area (Å²) in [4.78, 5) is 32.5. The van der Waals surface area contributed by atoms with E-state index in [0.717, 1.165) is 4.68 Å². The number of amides is 2. The maximum Gasteiger partial charge on any atom is 0.390 e. The van der Waals surface area contributed by atoms with E-state index >= 15 is 0 Å². The summed E-state index contributed by atoms with van der Waals surface area (Å²) >= 11 is 0. The lowest BCUT2D eigenvalue weighted by molar-refractivity contribution is -0.144. The van der Waals surface area contributed by atoms with Crippen LogP contribution < -0.4 is 10.6 Å². The summed E-state index contributed by atoms with van der Waals surface area (Å²) in [6.07, 6.45) is -7.33. The Hall–Kier alpha value is -3.65. The van der Waals surface area contributed by atoms with Crippen LogP contribution in [0.25, 0.3) is 5.78 Å². The standard InChI is InChI=1S/C20H21F6N7O2/c1-12-15(10-29-33(12)7-5-20(24,25)26)17(35)28-9-14-11-32-6-3-13(30-18(32)31-14)8-27-16(34)2-4-19(21,22)23/h3,6,10-11H,2,4-5,7-9H2,1H3,(H,27,34)(H,28,35). The van der Waals surface area contributed by atoms with E-state index in [9.17, 15) is 35.9 Å². The minimum Gasteiger partial charge on any atom is -0.350 e. The van der Waals surface area contributed by atoms with Gasteiger partial charge in [0.1, 0.15) is 0 Å². The van der Waals surface area contributed by atoms with E-state index in [1.165, 1.54) is 13.1 Å². The first kappa shape index (κ1) is 26.0. The fraction of sp³-hybridized carbons (Fsp3) is 0.450. The third-order valence-corrected chi connectivity index (χ3v) is 4.92. The van der Waals surface area contributed by atoms with E-state index in [4.69, 9.17) is 0 Å². The van der Waals surface area contributed by atoms with Crippen molar-refractivity contribution in [1.29, 1.82) is 0 Å². The number of aryl methyl sites for hydroxylation is 1. The molecule has 35 heavy (non-hydrogen) atoms. The zero-order valence-electron chi connectivity index (χ0n) is 18.4. The van der Waals surface area contributed by atoms with Crippen molar-refractivity contribution in [2.75, 3.05) is 0 Å². The molecule has 0 aliphatic carbocycles. The van der Waals surface area contributed by atoms with Gasteiger partial charge >= 0.3 is 12.4 Å². The van der Waals surface area contributed by atoms with Crippen LogP contribution in [0.3, 0.4) is 0 Å². The molecule has 0 radical (unpaired) electrons. The average Bonchev–Trinajstić information content (AvgIpc) is 3.34. The van der Waals surface area contributed by atoms with Gasteiger partial charge in [0, 0.05) is 31.1 Å². The minimum absolute atomic E-state index is 0.00112. The van der Waals surface area contributed by atoms with Crippen molar-refractivity contribution in [2.45, 2.75) is 58.2 Å². The number of halogens is 6. The highest BCUT2D eigenvalue weighted by Gasteiger charge is 2.28. The molecule has 0 spiro atoms. The number of hydrogen-bond acceptors (Lipinski definition) is 5. The van der Waals surface area contributed by atoms with Gasteiger partial charge in [-0.25, -0.2) is 9.97 Å². The smallest absolute Gasteiger partial charge is 0.350 e. The Morgan fingerprint density at radius 1 is 0.971 bits per heavy atom. The number of nitrogens with one attached hydrogen (secondary N) is 2. The van der Waals surface area contributed by atoms with Gasteiger partial charge in [0.2, 0.25) is 11.7 Å². The lowest BCUT2D eigenvalue weighted by Gasteiger charge is -2.08. The lowest BCUT2D eigenvalue weighted by Crippen LogP contribution is -2.25. The number of nitrogens with zero attached hydrogens (tertiary/aromatic N) is 5. The van der Waals surface area contributed by atoms with Crippen LogP contribution in [-0.2, 0) is 24.4 Å². The number of hydrogen-bond donors (Lipinski definition) is 2.